The molecule has 2 aromatic carbocycles. The number of nitrogens with one attached hydrogen (secondary N) is 2. The zero-order chi connectivity index (χ0) is 23.2. The van der Waals surface area contributed by atoms with Crippen molar-refractivity contribution in [1.82, 2.24) is 15.5 Å². The normalized spacial score (nSPS) is 20.4. The summed E-state index contributed by atoms with van der Waals surface area (Å²) in [4.78, 5) is 15.3. The van der Waals surface area contributed by atoms with Crippen molar-refractivity contribution in [2.24, 2.45) is 0 Å². The van der Waals surface area contributed by atoms with E-state index in [1.54, 1.807) is 0 Å². The summed E-state index contributed by atoms with van der Waals surface area (Å²) in [5.74, 6) is 1.63. The molecule has 0 bridgehead atoms. The quantitative estimate of drug-likeness (QED) is 0.585. The molecule has 4 rings (SSSR count). The molecule has 0 unspecified atom stereocenters. The van der Waals surface area contributed by atoms with Crippen LogP contribution in [0.5, 0.6) is 11.5 Å². The highest BCUT2D eigenvalue weighted by Gasteiger charge is 2.37. The summed E-state index contributed by atoms with van der Waals surface area (Å²) in [5, 5.41) is 7.41. The average Bonchev–Trinajstić information content (AvgIpc) is 3.45. The summed E-state index contributed by atoms with van der Waals surface area (Å²) in [6.45, 7) is 6.55. The molecule has 0 aromatic heterocycles. The number of ether oxygens (including phenoxy) is 2. The van der Waals surface area contributed by atoms with Crippen molar-refractivity contribution in [1.29, 1.82) is 0 Å². The van der Waals surface area contributed by atoms with Crippen LogP contribution >= 0.6 is 11.6 Å². The Bertz CT molecular complexity index is 980. The number of hydrogen-bond donors (Lipinski definition) is 2. The fourth-order valence-electron chi connectivity index (χ4n) is 4.40. The lowest BCUT2D eigenvalue weighted by atomic mass is 10.1. The minimum absolute atomic E-state index is 0.0830. The highest BCUT2D eigenvalue weighted by Crippen LogP contribution is 2.32. The zero-order valence-electron chi connectivity index (χ0n) is 19.2. The molecule has 1 fully saturated rings. The van der Waals surface area contributed by atoms with Gasteiger partial charge in [-0.3, -0.25) is 9.69 Å². The van der Waals surface area contributed by atoms with Gasteiger partial charge in [0.05, 0.1) is 6.04 Å². The number of fused-ring (bicyclic) bond motifs is 1. The molecule has 2 aliphatic heterocycles. The first-order valence-electron chi connectivity index (χ1n) is 11.6. The van der Waals surface area contributed by atoms with Crippen LogP contribution in [0.3, 0.4) is 0 Å². The van der Waals surface area contributed by atoms with Gasteiger partial charge in [0, 0.05) is 36.8 Å². The molecule has 0 aliphatic carbocycles. The van der Waals surface area contributed by atoms with E-state index in [2.05, 4.69) is 29.4 Å². The van der Waals surface area contributed by atoms with Gasteiger partial charge < -0.3 is 20.1 Å². The van der Waals surface area contributed by atoms with Gasteiger partial charge in [0.2, 0.25) is 12.7 Å². The van der Waals surface area contributed by atoms with Crippen LogP contribution < -0.4 is 20.1 Å². The van der Waals surface area contributed by atoms with E-state index in [1.807, 2.05) is 54.6 Å². The third-order valence-electron chi connectivity index (χ3n) is 6.14. The first-order chi connectivity index (χ1) is 16.0. The van der Waals surface area contributed by atoms with E-state index in [4.69, 9.17) is 21.1 Å². The maximum atomic E-state index is 13.0. The fourth-order valence-corrected chi connectivity index (χ4v) is 4.61. The molecular weight excluding hydrogens is 438 g/mol. The van der Waals surface area contributed by atoms with E-state index in [-0.39, 0.29) is 30.8 Å². The Labute approximate surface area is 200 Å². The first-order valence-corrected chi connectivity index (χ1v) is 11.9. The Balaban J connectivity index is 1.27. The van der Waals surface area contributed by atoms with Crippen molar-refractivity contribution in [3.63, 3.8) is 0 Å². The van der Waals surface area contributed by atoms with E-state index < -0.39 is 0 Å². The molecule has 6 nitrogen and oxygen atoms in total. The van der Waals surface area contributed by atoms with Crippen LogP contribution in [0.4, 0.5) is 0 Å². The van der Waals surface area contributed by atoms with Gasteiger partial charge in [-0.25, -0.2) is 0 Å². The Hall–Kier alpha value is -2.54. The van der Waals surface area contributed by atoms with Crippen molar-refractivity contribution in [2.45, 2.75) is 44.8 Å². The van der Waals surface area contributed by atoms with Crippen LogP contribution in [0, 0.1) is 0 Å². The van der Waals surface area contributed by atoms with Gasteiger partial charge in [-0.1, -0.05) is 48.0 Å². The number of halogens is 1. The Morgan fingerprint density at radius 1 is 1.18 bits per heavy atom. The lowest BCUT2D eigenvalue weighted by Crippen LogP contribution is -2.46. The van der Waals surface area contributed by atoms with E-state index >= 15 is 0 Å². The topological polar surface area (TPSA) is 62.8 Å². The lowest BCUT2D eigenvalue weighted by molar-refractivity contribution is -0.126. The van der Waals surface area contributed by atoms with Crippen LogP contribution in [0.2, 0.25) is 0 Å². The van der Waals surface area contributed by atoms with Crippen LogP contribution in [-0.4, -0.2) is 55.4 Å². The molecular formula is C26H32ClN3O3. The third-order valence-corrected chi connectivity index (χ3v) is 6.38. The highest BCUT2D eigenvalue weighted by molar-refractivity contribution is 6.31. The molecule has 1 amide bonds. The maximum absolute atomic E-state index is 13.0. The monoisotopic (exact) mass is 469 g/mol. The molecule has 2 N–H and O–H groups in total. The summed E-state index contributed by atoms with van der Waals surface area (Å²) in [6.07, 6.45) is 3.49. The van der Waals surface area contributed by atoms with Gasteiger partial charge in [0.15, 0.2) is 11.5 Å². The molecule has 0 spiro atoms. The predicted molar refractivity (Wildman–Crippen MR) is 132 cm³/mol. The Morgan fingerprint density at radius 3 is 2.76 bits per heavy atom. The number of nitrogens with zero attached hydrogens (tertiary/aromatic N) is 1. The van der Waals surface area contributed by atoms with Crippen LogP contribution in [0.1, 0.15) is 31.4 Å². The molecule has 0 radical (unpaired) electrons. The van der Waals surface area contributed by atoms with Gasteiger partial charge in [-0.05, 0) is 56.0 Å². The minimum Gasteiger partial charge on any atom is -0.454 e. The molecule has 1 saturated heterocycles. The van der Waals surface area contributed by atoms with Gasteiger partial charge in [-0.15, -0.1) is 0 Å². The Morgan fingerprint density at radius 2 is 1.97 bits per heavy atom. The number of rotatable bonds is 9. The van der Waals surface area contributed by atoms with Gasteiger partial charge in [0.1, 0.15) is 0 Å². The van der Waals surface area contributed by atoms with E-state index in [0.29, 0.717) is 13.1 Å². The Kier molecular flexibility index (Phi) is 7.91. The lowest BCUT2D eigenvalue weighted by Gasteiger charge is -2.27. The van der Waals surface area contributed by atoms with Crippen molar-refractivity contribution in [3.05, 3.63) is 64.7 Å². The summed E-state index contributed by atoms with van der Waals surface area (Å²) in [5.41, 5.74) is 2.20. The van der Waals surface area contributed by atoms with Crippen molar-refractivity contribution < 1.29 is 14.3 Å². The molecule has 176 valence electrons. The van der Waals surface area contributed by atoms with E-state index in [9.17, 15) is 4.79 Å². The SMILES string of the molecule is CC(C)N1C[C@@H](NC/C(Cl)=C/c2ccccc2)C[C@H]1C(=O)NCCc1ccc2c(c1)OCO2. The zero-order valence-corrected chi connectivity index (χ0v) is 20.0. The first kappa shape index (κ1) is 23.6. The number of hydrogen-bond acceptors (Lipinski definition) is 5. The molecule has 2 atom stereocenters. The molecule has 7 heteroatoms. The summed E-state index contributed by atoms with van der Waals surface area (Å²) in [6, 6.07) is 16.3. The van der Waals surface area contributed by atoms with Crippen LogP contribution in [0.25, 0.3) is 6.08 Å². The highest BCUT2D eigenvalue weighted by atomic mass is 35.5. The van der Waals surface area contributed by atoms with E-state index in [1.165, 1.54) is 0 Å². The van der Waals surface area contributed by atoms with Crippen molar-refractivity contribution in [3.8, 4) is 11.5 Å². The molecule has 0 saturated carbocycles. The average molecular weight is 470 g/mol. The van der Waals surface area contributed by atoms with Gasteiger partial charge in [-0.2, -0.15) is 0 Å². The van der Waals surface area contributed by atoms with Crippen molar-refractivity contribution in [2.75, 3.05) is 26.4 Å². The second-order valence-corrected chi connectivity index (χ2v) is 9.34. The van der Waals surface area contributed by atoms with Gasteiger partial charge in [0.25, 0.3) is 0 Å². The largest absolute Gasteiger partial charge is 0.454 e. The second kappa shape index (κ2) is 11.1. The van der Waals surface area contributed by atoms with E-state index in [0.717, 1.165) is 47.0 Å². The van der Waals surface area contributed by atoms with Crippen LogP contribution in [0.15, 0.2) is 53.6 Å². The molecule has 2 aromatic rings. The number of carbonyl (C=O) groups excluding carboxylic acids is 1. The smallest absolute Gasteiger partial charge is 0.237 e. The minimum atomic E-state index is -0.142. The standard InChI is InChI=1S/C26H32ClN3O3/c1-18(2)30-16-22(29-15-21(27)12-19-6-4-3-5-7-19)14-23(30)26(31)28-11-10-20-8-9-24-25(13-20)33-17-32-24/h3-9,12-13,18,22-23,29H,10-11,14-17H2,1-2H3,(H,28,31)/b21-12-/t22-,23-/m0/s1. The molecule has 2 heterocycles. The number of carbonyl (C=O) groups is 1. The number of likely N-dealkylation sites (tertiary alicyclic amines) is 1. The van der Waals surface area contributed by atoms with Crippen molar-refractivity contribution >= 4 is 23.6 Å². The van der Waals surface area contributed by atoms with Crippen LogP contribution in [-0.2, 0) is 11.2 Å². The molecule has 2 aliphatic rings. The summed E-state index contributed by atoms with van der Waals surface area (Å²) >= 11 is 6.44. The molecule has 33 heavy (non-hydrogen) atoms. The maximum Gasteiger partial charge on any atom is 0.237 e. The number of amides is 1. The summed E-state index contributed by atoms with van der Waals surface area (Å²) < 4.78 is 10.8. The predicted octanol–water partition coefficient (Wildman–Crippen LogP) is 3.79. The number of benzene rings is 2. The van der Waals surface area contributed by atoms with Gasteiger partial charge >= 0.3 is 0 Å². The summed E-state index contributed by atoms with van der Waals surface area (Å²) in [7, 11) is 0. The second-order valence-electron chi connectivity index (χ2n) is 8.85. The third kappa shape index (κ3) is 6.28. The fraction of sp³-hybridized carbons (Fsp3) is 0.423.